The van der Waals surface area contributed by atoms with Crippen LogP contribution in [0.2, 0.25) is 0 Å². The molecule has 0 radical (unpaired) electrons. The summed E-state index contributed by atoms with van der Waals surface area (Å²) < 4.78 is 66.9. The van der Waals surface area contributed by atoms with E-state index in [0.717, 1.165) is 12.8 Å². The van der Waals surface area contributed by atoms with Gasteiger partial charge >= 0.3 is 0 Å². The highest BCUT2D eigenvalue weighted by Crippen LogP contribution is 2.46. The highest BCUT2D eigenvalue weighted by atomic mass is 32.2. The standard InChI is InChI=1S/C24H21F2N5O4S/c1-13-6-19(23(25)26)29-21(15-2-3-15)22(13)35-24-20(36(32,33)31-17-11-34-12-17)5-4-18(30-24)16-7-14(8-27)9-28-10-16/h4-7,9-10,15,17,23,31H,2-3,11-12H2,1H3. The Morgan fingerprint density at radius 2 is 1.97 bits per heavy atom. The van der Waals surface area contributed by atoms with Crippen LogP contribution in [0, 0.1) is 18.3 Å². The summed E-state index contributed by atoms with van der Waals surface area (Å²) >= 11 is 0. The van der Waals surface area contributed by atoms with E-state index in [2.05, 4.69) is 19.7 Å². The van der Waals surface area contributed by atoms with Crippen LogP contribution >= 0.6 is 0 Å². The van der Waals surface area contributed by atoms with Gasteiger partial charge in [0, 0.05) is 23.9 Å². The van der Waals surface area contributed by atoms with Crippen LogP contribution in [-0.4, -0.2) is 42.6 Å². The predicted octanol–water partition coefficient (Wildman–Crippen LogP) is 4.00. The number of nitriles is 1. The van der Waals surface area contributed by atoms with Gasteiger partial charge < -0.3 is 9.47 Å². The van der Waals surface area contributed by atoms with E-state index >= 15 is 0 Å². The fraction of sp³-hybridized carbons (Fsp3) is 0.333. The normalized spacial score (nSPS) is 16.0. The molecule has 3 aromatic heterocycles. The number of nitrogens with zero attached hydrogens (tertiary/aromatic N) is 4. The van der Waals surface area contributed by atoms with E-state index in [0.29, 0.717) is 28.1 Å². The van der Waals surface area contributed by atoms with Crippen molar-refractivity contribution in [2.45, 2.75) is 43.0 Å². The van der Waals surface area contributed by atoms with Gasteiger partial charge in [0.15, 0.2) is 5.75 Å². The molecule has 3 aromatic rings. The summed E-state index contributed by atoms with van der Waals surface area (Å²) in [6.45, 7) is 2.10. The molecule has 9 nitrogen and oxygen atoms in total. The van der Waals surface area contributed by atoms with Gasteiger partial charge in [0.2, 0.25) is 15.9 Å². The SMILES string of the molecule is Cc1cc(C(F)F)nc(C2CC2)c1Oc1nc(-c2cncc(C#N)c2)ccc1S(=O)(=O)NC1COC1. The molecule has 0 bridgehead atoms. The molecule has 2 aliphatic rings. The first-order valence-corrected chi connectivity index (χ1v) is 12.7. The predicted molar refractivity (Wildman–Crippen MR) is 123 cm³/mol. The van der Waals surface area contributed by atoms with Crippen molar-refractivity contribution in [3.05, 3.63) is 59.2 Å². The summed E-state index contributed by atoms with van der Waals surface area (Å²) in [5, 5.41) is 9.21. The fourth-order valence-corrected chi connectivity index (χ4v) is 5.05. The van der Waals surface area contributed by atoms with E-state index in [9.17, 15) is 22.5 Å². The van der Waals surface area contributed by atoms with Gasteiger partial charge in [-0.25, -0.2) is 31.9 Å². The van der Waals surface area contributed by atoms with Gasteiger partial charge in [-0.3, -0.25) is 4.98 Å². The van der Waals surface area contributed by atoms with Crippen molar-refractivity contribution in [2.75, 3.05) is 13.2 Å². The average molecular weight is 514 g/mol. The number of ether oxygens (including phenoxy) is 2. The van der Waals surface area contributed by atoms with Gasteiger partial charge in [-0.1, -0.05) is 0 Å². The quantitative estimate of drug-likeness (QED) is 0.479. The third-order valence-electron chi connectivity index (χ3n) is 5.83. The minimum absolute atomic E-state index is 0.0533. The van der Waals surface area contributed by atoms with Crippen LogP contribution in [0.5, 0.6) is 11.6 Å². The number of aryl methyl sites for hydroxylation is 1. The number of rotatable bonds is 8. The Hall–Kier alpha value is -3.53. The van der Waals surface area contributed by atoms with Crippen LogP contribution in [0.25, 0.3) is 11.3 Å². The lowest BCUT2D eigenvalue weighted by Gasteiger charge is -2.27. The van der Waals surface area contributed by atoms with Crippen molar-refractivity contribution >= 4 is 10.0 Å². The van der Waals surface area contributed by atoms with Gasteiger partial charge in [0.05, 0.1) is 36.2 Å². The minimum Gasteiger partial charge on any atom is -0.435 e. The highest BCUT2D eigenvalue weighted by molar-refractivity contribution is 7.89. The average Bonchev–Trinajstić information content (AvgIpc) is 3.68. The third-order valence-corrected chi connectivity index (χ3v) is 7.36. The second kappa shape index (κ2) is 9.50. The van der Waals surface area contributed by atoms with Crippen LogP contribution < -0.4 is 9.46 Å². The molecule has 0 spiro atoms. The zero-order chi connectivity index (χ0) is 25.4. The molecule has 0 unspecified atom stereocenters. The highest BCUT2D eigenvalue weighted by Gasteiger charge is 2.33. The monoisotopic (exact) mass is 513 g/mol. The molecule has 12 heteroatoms. The van der Waals surface area contributed by atoms with Crippen molar-refractivity contribution in [3.8, 4) is 29.0 Å². The van der Waals surface area contributed by atoms with E-state index in [1.807, 2.05) is 6.07 Å². The summed E-state index contributed by atoms with van der Waals surface area (Å²) in [5.74, 6) is -0.0829. The van der Waals surface area contributed by atoms with Gasteiger partial charge in [-0.2, -0.15) is 5.26 Å². The Morgan fingerprint density at radius 1 is 1.19 bits per heavy atom. The zero-order valence-corrected chi connectivity index (χ0v) is 19.9. The molecule has 186 valence electrons. The van der Waals surface area contributed by atoms with Gasteiger partial charge in [-0.15, -0.1) is 0 Å². The van der Waals surface area contributed by atoms with Crippen molar-refractivity contribution in [3.63, 3.8) is 0 Å². The summed E-state index contributed by atoms with van der Waals surface area (Å²) in [4.78, 5) is 12.4. The topological polar surface area (TPSA) is 127 Å². The number of alkyl halides is 2. The van der Waals surface area contributed by atoms with E-state index in [1.54, 1.807) is 13.0 Å². The smallest absolute Gasteiger partial charge is 0.280 e. The first-order valence-electron chi connectivity index (χ1n) is 11.2. The van der Waals surface area contributed by atoms with E-state index < -0.39 is 16.4 Å². The molecule has 0 aromatic carbocycles. The molecule has 5 rings (SSSR count). The van der Waals surface area contributed by atoms with Crippen LogP contribution in [0.15, 0.2) is 41.6 Å². The maximum absolute atomic E-state index is 13.4. The second-order valence-electron chi connectivity index (χ2n) is 8.68. The van der Waals surface area contributed by atoms with Crippen LogP contribution in [0.3, 0.4) is 0 Å². The molecule has 2 fully saturated rings. The van der Waals surface area contributed by atoms with Crippen molar-refractivity contribution in [1.82, 2.24) is 19.7 Å². The summed E-state index contributed by atoms with van der Waals surface area (Å²) in [5.41, 5.74) is 1.50. The zero-order valence-electron chi connectivity index (χ0n) is 19.1. The fourth-order valence-electron chi connectivity index (χ4n) is 3.78. The molecule has 36 heavy (non-hydrogen) atoms. The van der Waals surface area contributed by atoms with E-state index in [-0.39, 0.29) is 47.4 Å². The molecular formula is C24H21F2N5O4S. The molecule has 1 saturated heterocycles. The lowest BCUT2D eigenvalue weighted by atomic mass is 10.1. The maximum atomic E-state index is 13.4. The first kappa shape index (κ1) is 24.2. The second-order valence-corrected chi connectivity index (χ2v) is 10.4. The Morgan fingerprint density at radius 3 is 2.61 bits per heavy atom. The lowest BCUT2D eigenvalue weighted by Crippen LogP contribution is -2.48. The van der Waals surface area contributed by atoms with Crippen LogP contribution in [0.1, 0.15) is 47.7 Å². The van der Waals surface area contributed by atoms with Crippen molar-refractivity contribution < 1.29 is 26.7 Å². The Balaban J connectivity index is 1.62. The Bertz CT molecular complexity index is 1470. The van der Waals surface area contributed by atoms with E-state index in [1.165, 1.54) is 30.6 Å². The Kier molecular flexibility index (Phi) is 6.38. The number of hydrogen-bond acceptors (Lipinski definition) is 8. The third kappa shape index (κ3) is 4.90. The number of halogens is 2. The largest absolute Gasteiger partial charge is 0.435 e. The number of aromatic nitrogens is 3. The van der Waals surface area contributed by atoms with Crippen LogP contribution in [0.4, 0.5) is 8.78 Å². The number of hydrogen-bond donors (Lipinski definition) is 1. The molecule has 1 aliphatic heterocycles. The van der Waals surface area contributed by atoms with Gasteiger partial charge in [0.25, 0.3) is 6.43 Å². The summed E-state index contributed by atoms with van der Waals surface area (Å²) in [6.07, 6.45) is 1.67. The maximum Gasteiger partial charge on any atom is 0.280 e. The minimum atomic E-state index is -4.06. The first-order chi connectivity index (χ1) is 17.2. The molecule has 0 atom stereocenters. The number of pyridine rings is 3. The summed E-state index contributed by atoms with van der Waals surface area (Å²) in [7, 11) is -4.06. The lowest BCUT2D eigenvalue weighted by molar-refractivity contribution is 0.00480. The number of nitrogens with one attached hydrogen (secondary N) is 1. The molecule has 1 aliphatic carbocycles. The Labute approximate surface area is 206 Å². The van der Waals surface area contributed by atoms with E-state index in [4.69, 9.17) is 9.47 Å². The molecule has 0 amide bonds. The van der Waals surface area contributed by atoms with Crippen LogP contribution in [-0.2, 0) is 14.8 Å². The van der Waals surface area contributed by atoms with Crippen molar-refractivity contribution in [1.29, 1.82) is 5.26 Å². The molecular weight excluding hydrogens is 492 g/mol. The van der Waals surface area contributed by atoms with Gasteiger partial charge in [0.1, 0.15) is 16.7 Å². The molecule has 1 saturated carbocycles. The molecule has 1 N–H and O–H groups in total. The number of sulfonamides is 1. The van der Waals surface area contributed by atoms with Crippen molar-refractivity contribution in [2.24, 2.45) is 0 Å². The summed E-state index contributed by atoms with van der Waals surface area (Å²) in [6, 6.07) is 7.26. The molecule has 4 heterocycles. The van der Waals surface area contributed by atoms with Gasteiger partial charge in [-0.05, 0) is 49.6 Å².